The zero-order valence-electron chi connectivity index (χ0n) is 9.69. The number of benzene rings is 1. The predicted molar refractivity (Wildman–Crippen MR) is 67.7 cm³/mol. The molecule has 0 heterocycles. The van der Waals surface area contributed by atoms with E-state index in [4.69, 9.17) is 9.47 Å². The Morgan fingerprint density at radius 2 is 2.12 bits per heavy atom. The van der Waals surface area contributed by atoms with Gasteiger partial charge in [0.25, 0.3) is 0 Å². The lowest BCUT2D eigenvalue weighted by Crippen LogP contribution is -2.04. The average molecular weight is 237 g/mol. The normalized spacial score (nSPS) is 11.4. The minimum Gasteiger partial charge on any atom is -0.497 e. The van der Waals surface area contributed by atoms with Gasteiger partial charge < -0.3 is 9.47 Å². The van der Waals surface area contributed by atoms with E-state index in [1.54, 1.807) is 14.2 Å². The zero-order chi connectivity index (χ0) is 12.0. The Morgan fingerprint density at radius 3 is 2.69 bits per heavy atom. The van der Waals surface area contributed by atoms with Crippen molar-refractivity contribution >= 4 is 17.4 Å². The van der Waals surface area contributed by atoms with E-state index in [9.17, 15) is 0 Å². The molecule has 0 fully saturated rings. The molecular weight excluding hydrogens is 222 g/mol. The molecule has 0 aliphatic heterocycles. The summed E-state index contributed by atoms with van der Waals surface area (Å²) >= 11 is 4.58. The maximum absolute atomic E-state index is 5.28. The van der Waals surface area contributed by atoms with Crippen molar-refractivity contribution in [2.24, 2.45) is 4.99 Å². The first kappa shape index (κ1) is 12.7. The second-order valence-electron chi connectivity index (χ2n) is 3.45. The Kier molecular flexibility index (Phi) is 4.96. The molecule has 3 nitrogen and oxygen atoms in total. The van der Waals surface area contributed by atoms with Crippen molar-refractivity contribution < 1.29 is 9.47 Å². The fraction of sp³-hybridized carbons (Fsp3) is 0.417. The number of nitrogens with zero attached hydrogens (tertiary/aromatic N) is 1. The molecule has 1 aromatic carbocycles. The van der Waals surface area contributed by atoms with Crippen LogP contribution in [0.1, 0.15) is 12.5 Å². The summed E-state index contributed by atoms with van der Waals surface area (Å²) in [6.07, 6.45) is 0.754. The molecule has 1 unspecified atom stereocenters. The highest BCUT2D eigenvalue weighted by atomic mass is 32.1. The highest BCUT2D eigenvalue weighted by molar-refractivity contribution is 7.78. The first-order valence-electron chi connectivity index (χ1n) is 4.99. The first-order chi connectivity index (χ1) is 7.71. The van der Waals surface area contributed by atoms with E-state index >= 15 is 0 Å². The third-order valence-corrected chi connectivity index (χ3v) is 2.38. The zero-order valence-corrected chi connectivity index (χ0v) is 10.5. The maximum Gasteiger partial charge on any atom is 0.122 e. The van der Waals surface area contributed by atoms with Crippen molar-refractivity contribution in [1.29, 1.82) is 0 Å². The Labute approximate surface area is 101 Å². The van der Waals surface area contributed by atoms with Crippen LogP contribution < -0.4 is 9.47 Å². The topological polar surface area (TPSA) is 30.8 Å². The van der Waals surface area contributed by atoms with Gasteiger partial charge in [0, 0.05) is 0 Å². The quantitative estimate of drug-likeness (QED) is 0.583. The molecule has 86 valence electrons. The summed E-state index contributed by atoms with van der Waals surface area (Å²) in [5, 5.41) is 2.39. The summed E-state index contributed by atoms with van der Waals surface area (Å²) in [6.45, 7) is 1.98. The van der Waals surface area contributed by atoms with Crippen molar-refractivity contribution in [3.8, 4) is 11.5 Å². The van der Waals surface area contributed by atoms with Crippen LogP contribution in [0.15, 0.2) is 23.2 Å². The molecule has 0 amide bonds. The molecule has 0 saturated heterocycles. The van der Waals surface area contributed by atoms with E-state index < -0.39 is 0 Å². The van der Waals surface area contributed by atoms with Crippen LogP contribution >= 0.6 is 12.2 Å². The van der Waals surface area contributed by atoms with Crippen molar-refractivity contribution in [3.63, 3.8) is 0 Å². The van der Waals surface area contributed by atoms with Gasteiger partial charge in [0.15, 0.2) is 0 Å². The molecule has 0 aliphatic rings. The van der Waals surface area contributed by atoms with Crippen LogP contribution in [0, 0.1) is 0 Å². The third-order valence-electron chi connectivity index (χ3n) is 2.28. The summed E-state index contributed by atoms with van der Waals surface area (Å²) in [5.74, 6) is 1.65. The van der Waals surface area contributed by atoms with Crippen LogP contribution in [0.5, 0.6) is 11.5 Å². The number of isothiocyanates is 1. The molecule has 0 spiro atoms. The molecule has 1 atom stereocenters. The van der Waals surface area contributed by atoms with Gasteiger partial charge in [-0.05, 0) is 49.3 Å². The lowest BCUT2D eigenvalue weighted by Gasteiger charge is -2.11. The van der Waals surface area contributed by atoms with Crippen LogP contribution in [0.3, 0.4) is 0 Å². The van der Waals surface area contributed by atoms with Gasteiger partial charge in [-0.15, -0.1) is 0 Å². The summed E-state index contributed by atoms with van der Waals surface area (Å²) < 4.78 is 10.5. The Balaban J connectivity index is 2.94. The first-order valence-corrected chi connectivity index (χ1v) is 5.40. The van der Waals surface area contributed by atoms with Gasteiger partial charge in [0.2, 0.25) is 0 Å². The SMILES string of the molecule is COc1ccc(OC)c(CC(C)N=C=S)c1. The van der Waals surface area contributed by atoms with Crippen LogP contribution in [0.4, 0.5) is 0 Å². The van der Waals surface area contributed by atoms with Gasteiger partial charge in [0.05, 0.1) is 25.4 Å². The Bertz CT molecular complexity index is 400. The van der Waals surface area contributed by atoms with Crippen LogP contribution in [0.2, 0.25) is 0 Å². The number of rotatable bonds is 5. The molecule has 0 bridgehead atoms. The number of aliphatic imine (C=N–C) groups is 1. The maximum atomic E-state index is 5.28. The lowest BCUT2D eigenvalue weighted by molar-refractivity contribution is 0.397. The number of hydrogen-bond donors (Lipinski definition) is 0. The van der Waals surface area contributed by atoms with Gasteiger partial charge in [0.1, 0.15) is 11.5 Å². The van der Waals surface area contributed by atoms with Crippen molar-refractivity contribution in [3.05, 3.63) is 23.8 Å². The van der Waals surface area contributed by atoms with Gasteiger partial charge in [-0.1, -0.05) is 0 Å². The smallest absolute Gasteiger partial charge is 0.122 e. The second kappa shape index (κ2) is 6.26. The molecule has 1 rings (SSSR count). The summed E-state index contributed by atoms with van der Waals surface area (Å²) in [7, 11) is 3.29. The Hall–Kier alpha value is -1.38. The monoisotopic (exact) mass is 237 g/mol. The van der Waals surface area contributed by atoms with Crippen LogP contribution in [-0.2, 0) is 6.42 Å². The lowest BCUT2D eigenvalue weighted by atomic mass is 10.1. The highest BCUT2D eigenvalue weighted by Gasteiger charge is 2.08. The second-order valence-corrected chi connectivity index (χ2v) is 3.63. The molecule has 0 aliphatic carbocycles. The third kappa shape index (κ3) is 3.33. The molecular formula is C12H15NO2S. The van der Waals surface area contributed by atoms with E-state index in [2.05, 4.69) is 22.4 Å². The van der Waals surface area contributed by atoms with Gasteiger partial charge in [-0.25, -0.2) is 4.99 Å². The summed E-state index contributed by atoms with van der Waals surface area (Å²) in [6, 6.07) is 5.81. The molecule has 0 saturated carbocycles. The molecule has 16 heavy (non-hydrogen) atoms. The van der Waals surface area contributed by atoms with Gasteiger partial charge in [-0.3, -0.25) is 0 Å². The minimum absolute atomic E-state index is 0.0958. The number of ether oxygens (including phenoxy) is 2. The molecule has 1 aromatic rings. The van der Waals surface area contributed by atoms with Crippen LogP contribution in [-0.4, -0.2) is 25.4 Å². The molecule has 0 radical (unpaired) electrons. The molecule has 0 aromatic heterocycles. The largest absolute Gasteiger partial charge is 0.497 e. The van der Waals surface area contributed by atoms with E-state index in [-0.39, 0.29) is 6.04 Å². The molecule has 4 heteroatoms. The van der Waals surface area contributed by atoms with E-state index in [1.165, 1.54) is 0 Å². The standard InChI is InChI=1S/C12H15NO2S/c1-9(13-8-16)6-10-7-11(14-2)4-5-12(10)15-3/h4-5,7,9H,6H2,1-3H3. The van der Waals surface area contributed by atoms with E-state index in [0.717, 1.165) is 23.5 Å². The van der Waals surface area contributed by atoms with Crippen molar-refractivity contribution in [2.45, 2.75) is 19.4 Å². The Morgan fingerprint density at radius 1 is 1.38 bits per heavy atom. The minimum atomic E-state index is 0.0958. The summed E-state index contributed by atoms with van der Waals surface area (Å²) in [5.41, 5.74) is 1.06. The average Bonchev–Trinajstić information content (AvgIpc) is 2.29. The van der Waals surface area contributed by atoms with Crippen LogP contribution in [0.25, 0.3) is 0 Å². The van der Waals surface area contributed by atoms with Gasteiger partial charge in [-0.2, -0.15) is 0 Å². The fourth-order valence-electron chi connectivity index (χ4n) is 1.50. The number of methoxy groups -OCH3 is 2. The van der Waals surface area contributed by atoms with Crippen molar-refractivity contribution in [2.75, 3.05) is 14.2 Å². The number of hydrogen-bond acceptors (Lipinski definition) is 4. The highest BCUT2D eigenvalue weighted by Crippen LogP contribution is 2.25. The number of thiocarbonyl (C=S) groups is 1. The van der Waals surface area contributed by atoms with E-state index in [0.29, 0.717) is 0 Å². The van der Waals surface area contributed by atoms with Gasteiger partial charge >= 0.3 is 0 Å². The predicted octanol–water partition coefficient (Wildman–Crippen LogP) is 2.74. The fourth-order valence-corrected chi connectivity index (χ4v) is 1.68. The van der Waals surface area contributed by atoms with Crippen molar-refractivity contribution in [1.82, 2.24) is 0 Å². The summed E-state index contributed by atoms with van der Waals surface area (Å²) in [4.78, 5) is 4.02. The van der Waals surface area contributed by atoms with E-state index in [1.807, 2.05) is 25.1 Å². The molecule has 0 N–H and O–H groups in total.